The van der Waals surface area contributed by atoms with Crippen LogP contribution in [0.15, 0.2) is 40.2 Å². The Balaban J connectivity index is 1.30. The summed E-state index contributed by atoms with van der Waals surface area (Å²) in [6.45, 7) is 8.56. The first kappa shape index (κ1) is 23.6. The maximum Gasteiger partial charge on any atom is 0.271 e. The minimum atomic E-state index is -0.232. The van der Waals surface area contributed by atoms with Crippen LogP contribution >= 0.6 is 23.4 Å². The number of pyridine rings is 1. The quantitative estimate of drug-likeness (QED) is 0.463. The summed E-state index contributed by atoms with van der Waals surface area (Å²) in [6.07, 6.45) is 7.05. The van der Waals surface area contributed by atoms with E-state index < -0.39 is 0 Å². The van der Waals surface area contributed by atoms with E-state index in [4.69, 9.17) is 11.6 Å². The number of hydrogen-bond donors (Lipinski definition) is 1. The van der Waals surface area contributed by atoms with Gasteiger partial charge in [-0.3, -0.25) is 9.36 Å². The molecule has 1 aliphatic carbocycles. The summed E-state index contributed by atoms with van der Waals surface area (Å²) in [5, 5.41) is 4.98. The van der Waals surface area contributed by atoms with E-state index >= 15 is 0 Å². The molecule has 8 heteroatoms. The van der Waals surface area contributed by atoms with Crippen molar-refractivity contribution in [3.63, 3.8) is 0 Å². The van der Waals surface area contributed by atoms with E-state index in [9.17, 15) is 4.79 Å². The zero-order valence-electron chi connectivity index (χ0n) is 20.3. The zero-order valence-corrected chi connectivity index (χ0v) is 21.8. The molecule has 1 spiro atoms. The van der Waals surface area contributed by atoms with Gasteiger partial charge in [0.1, 0.15) is 10.7 Å². The van der Waals surface area contributed by atoms with Crippen LogP contribution in [0.25, 0.3) is 11.0 Å². The summed E-state index contributed by atoms with van der Waals surface area (Å²) in [4.78, 5) is 25.4. The van der Waals surface area contributed by atoms with Crippen molar-refractivity contribution < 1.29 is 0 Å². The second-order valence-electron chi connectivity index (χ2n) is 10.3. The van der Waals surface area contributed by atoms with E-state index in [0.717, 1.165) is 16.6 Å². The normalized spacial score (nSPS) is 18.5. The van der Waals surface area contributed by atoms with Crippen LogP contribution in [-0.4, -0.2) is 44.8 Å². The van der Waals surface area contributed by atoms with Crippen LogP contribution in [-0.2, 0) is 0 Å². The standard InChI is InChI=1S/C26H32ClN5OS/c1-16(2)32-23-18(12-21(27)24(32)33)13-28-25(30-23)29-22-6-5-20(11-17(22)3)34-19-7-9-26(10-8-19)14-31(4)15-26/h5-6,11-13,16,19H,7-10,14-15H2,1-4H3,(H,28,29,30). The smallest absolute Gasteiger partial charge is 0.271 e. The van der Waals surface area contributed by atoms with E-state index in [1.807, 2.05) is 25.6 Å². The molecule has 3 heterocycles. The summed E-state index contributed by atoms with van der Waals surface area (Å²) in [7, 11) is 2.23. The number of anilines is 2. The number of thioether (sulfide) groups is 1. The fourth-order valence-electron chi connectivity index (χ4n) is 5.52. The first-order valence-corrected chi connectivity index (χ1v) is 13.3. The Morgan fingerprint density at radius 2 is 1.94 bits per heavy atom. The number of benzene rings is 1. The molecule has 2 aliphatic rings. The highest BCUT2D eigenvalue weighted by Crippen LogP contribution is 2.47. The van der Waals surface area contributed by atoms with Crippen LogP contribution in [0.1, 0.15) is 51.1 Å². The third kappa shape index (κ3) is 4.58. The van der Waals surface area contributed by atoms with Gasteiger partial charge in [0, 0.05) is 46.5 Å². The Bertz CT molecular complexity index is 1270. The fraction of sp³-hybridized carbons (Fsp3) is 0.500. The molecular formula is C26H32ClN5OS. The van der Waals surface area contributed by atoms with Crippen molar-refractivity contribution in [1.82, 2.24) is 19.4 Å². The van der Waals surface area contributed by atoms with Gasteiger partial charge in [-0.2, -0.15) is 4.98 Å². The number of nitrogens with zero attached hydrogens (tertiary/aromatic N) is 4. The second kappa shape index (κ2) is 9.17. The molecule has 0 unspecified atom stereocenters. The van der Waals surface area contributed by atoms with E-state index in [-0.39, 0.29) is 16.6 Å². The van der Waals surface area contributed by atoms with Crippen molar-refractivity contribution in [2.24, 2.45) is 5.41 Å². The molecule has 6 nitrogen and oxygen atoms in total. The lowest BCUT2D eigenvalue weighted by molar-refractivity contribution is -0.00813. The molecule has 1 saturated heterocycles. The molecule has 0 bridgehead atoms. The number of rotatable bonds is 5. The highest BCUT2D eigenvalue weighted by molar-refractivity contribution is 8.00. The molecule has 1 N–H and O–H groups in total. The summed E-state index contributed by atoms with van der Waals surface area (Å²) in [5.41, 5.74) is 3.08. The highest BCUT2D eigenvalue weighted by atomic mass is 35.5. The SMILES string of the molecule is Cc1cc(SC2CCC3(CC2)CN(C)C3)ccc1Nc1ncc2cc(Cl)c(=O)n(C(C)C)c2n1. The summed E-state index contributed by atoms with van der Waals surface area (Å²) >= 11 is 8.15. The largest absolute Gasteiger partial charge is 0.324 e. The summed E-state index contributed by atoms with van der Waals surface area (Å²) in [5.74, 6) is 0.468. The first-order chi connectivity index (χ1) is 16.2. The zero-order chi connectivity index (χ0) is 24.0. The molecule has 0 atom stereocenters. The molecular weight excluding hydrogens is 466 g/mol. The van der Waals surface area contributed by atoms with E-state index in [0.29, 0.717) is 22.3 Å². The number of halogens is 1. The number of fused-ring (bicyclic) bond motifs is 1. The molecule has 1 aromatic carbocycles. The minimum Gasteiger partial charge on any atom is -0.324 e. The van der Waals surface area contributed by atoms with Gasteiger partial charge in [0.05, 0.1) is 0 Å². The van der Waals surface area contributed by atoms with Gasteiger partial charge in [-0.1, -0.05) is 11.6 Å². The number of aryl methyl sites for hydroxylation is 1. The Morgan fingerprint density at radius 1 is 1.21 bits per heavy atom. The number of nitrogens with one attached hydrogen (secondary N) is 1. The molecule has 2 aromatic heterocycles. The molecule has 5 rings (SSSR count). The van der Waals surface area contributed by atoms with E-state index in [2.05, 4.69) is 52.4 Å². The van der Waals surface area contributed by atoms with Crippen LogP contribution in [0.4, 0.5) is 11.6 Å². The Hall–Kier alpha value is -2.09. The Labute approximate surface area is 210 Å². The fourth-order valence-corrected chi connectivity index (χ4v) is 6.98. The van der Waals surface area contributed by atoms with E-state index in [1.165, 1.54) is 43.7 Å². The average molecular weight is 498 g/mol. The van der Waals surface area contributed by atoms with Crippen LogP contribution in [0.2, 0.25) is 5.02 Å². The third-order valence-corrected chi connectivity index (χ3v) is 8.80. The van der Waals surface area contributed by atoms with Crippen LogP contribution in [0, 0.1) is 12.3 Å². The number of hydrogen-bond acceptors (Lipinski definition) is 6. The Kier molecular flexibility index (Phi) is 6.38. The van der Waals surface area contributed by atoms with Crippen LogP contribution in [0.3, 0.4) is 0 Å². The van der Waals surface area contributed by atoms with Gasteiger partial charge in [0.25, 0.3) is 5.56 Å². The number of aromatic nitrogens is 3. The maximum atomic E-state index is 12.6. The molecule has 180 valence electrons. The summed E-state index contributed by atoms with van der Waals surface area (Å²) < 4.78 is 1.62. The molecule has 1 aliphatic heterocycles. The highest BCUT2D eigenvalue weighted by Gasteiger charge is 2.43. The van der Waals surface area contributed by atoms with Gasteiger partial charge in [0.15, 0.2) is 0 Å². The van der Waals surface area contributed by atoms with Gasteiger partial charge >= 0.3 is 0 Å². The lowest BCUT2D eigenvalue weighted by Crippen LogP contribution is -2.55. The van der Waals surface area contributed by atoms with Crippen molar-refractivity contribution in [1.29, 1.82) is 0 Å². The lowest BCUT2D eigenvalue weighted by atomic mass is 9.69. The first-order valence-electron chi connectivity index (χ1n) is 12.0. The van der Waals surface area contributed by atoms with Crippen LogP contribution in [0.5, 0.6) is 0 Å². The van der Waals surface area contributed by atoms with Crippen molar-refractivity contribution in [2.75, 3.05) is 25.5 Å². The molecule has 0 amide bonds. The summed E-state index contributed by atoms with van der Waals surface area (Å²) in [6, 6.07) is 8.11. The van der Waals surface area contributed by atoms with Gasteiger partial charge < -0.3 is 10.2 Å². The Morgan fingerprint density at radius 3 is 2.59 bits per heavy atom. The third-order valence-electron chi connectivity index (χ3n) is 7.20. The van der Waals surface area contributed by atoms with Crippen molar-refractivity contribution >= 4 is 46.0 Å². The van der Waals surface area contributed by atoms with Crippen molar-refractivity contribution in [2.45, 2.75) is 62.6 Å². The maximum absolute atomic E-state index is 12.6. The predicted octanol–water partition coefficient (Wildman–Crippen LogP) is 6.04. The van der Waals surface area contributed by atoms with Crippen LogP contribution < -0.4 is 10.9 Å². The molecule has 2 fully saturated rings. The molecule has 1 saturated carbocycles. The average Bonchev–Trinajstić information content (AvgIpc) is 2.77. The molecule has 34 heavy (non-hydrogen) atoms. The van der Waals surface area contributed by atoms with Gasteiger partial charge in [-0.25, -0.2) is 4.98 Å². The second-order valence-corrected chi connectivity index (χ2v) is 12.1. The van der Waals surface area contributed by atoms with Gasteiger partial charge in [-0.05, 0) is 88.7 Å². The van der Waals surface area contributed by atoms with Gasteiger partial charge in [0.2, 0.25) is 5.95 Å². The van der Waals surface area contributed by atoms with Crippen molar-refractivity contribution in [3.05, 3.63) is 51.4 Å². The predicted molar refractivity (Wildman–Crippen MR) is 142 cm³/mol. The minimum absolute atomic E-state index is 0.0608. The van der Waals surface area contributed by atoms with Gasteiger partial charge in [-0.15, -0.1) is 11.8 Å². The molecule has 3 aromatic rings. The lowest BCUT2D eigenvalue weighted by Gasteiger charge is -2.52. The number of likely N-dealkylation sites (tertiary alicyclic amines) is 1. The van der Waals surface area contributed by atoms with Crippen molar-refractivity contribution in [3.8, 4) is 0 Å². The van der Waals surface area contributed by atoms with E-state index in [1.54, 1.807) is 16.8 Å². The monoisotopic (exact) mass is 497 g/mol. The topological polar surface area (TPSA) is 63.1 Å². The molecule has 0 radical (unpaired) electrons.